The van der Waals surface area contributed by atoms with Gasteiger partial charge in [-0.2, -0.15) is 0 Å². The molecule has 0 saturated heterocycles. The molecule has 3 N–H and O–H groups in total. The fourth-order valence-electron chi connectivity index (χ4n) is 2.53. The highest BCUT2D eigenvalue weighted by molar-refractivity contribution is 7.45. The van der Waals surface area contributed by atoms with E-state index in [0.717, 1.165) is 19.3 Å². The number of unbranched alkanes of at least 4 members (excludes halogenated alkanes) is 11. The van der Waals surface area contributed by atoms with Crippen molar-refractivity contribution in [1.29, 1.82) is 0 Å². The zero-order chi connectivity index (χ0) is 16.6. The zero-order valence-corrected chi connectivity index (χ0v) is 15.1. The maximum atomic E-state index is 11.7. The molecule has 4 nitrogen and oxygen atoms in total. The first-order chi connectivity index (χ1) is 10.6. The van der Waals surface area contributed by atoms with E-state index < -0.39 is 26.4 Å². The molecule has 0 heterocycles. The van der Waals surface area contributed by atoms with Crippen molar-refractivity contribution in [3.63, 3.8) is 0 Å². The first-order valence-corrected chi connectivity index (χ1v) is 10.6. The van der Waals surface area contributed by atoms with Gasteiger partial charge in [-0.05, 0) is 12.8 Å². The van der Waals surface area contributed by atoms with Gasteiger partial charge < -0.3 is 15.3 Å². The third kappa shape index (κ3) is 12.5. The third-order valence-electron chi connectivity index (χ3n) is 4.06. The molecule has 0 bridgehead atoms. The van der Waals surface area contributed by atoms with E-state index in [1.54, 1.807) is 0 Å². The summed E-state index contributed by atoms with van der Waals surface area (Å²) in [6.07, 6.45) is 14.1. The van der Waals surface area contributed by atoms with Gasteiger partial charge in [0.1, 0.15) is 12.3 Å². The van der Waals surface area contributed by atoms with Crippen LogP contribution in [-0.2, 0) is 4.57 Å². The summed E-state index contributed by atoms with van der Waals surface area (Å²) in [6, 6.07) is 0. The van der Waals surface area contributed by atoms with Crippen LogP contribution < -0.4 is 0 Å². The minimum atomic E-state index is -1.83. The van der Waals surface area contributed by atoms with Crippen molar-refractivity contribution in [2.24, 2.45) is 0 Å². The highest BCUT2D eigenvalue weighted by Gasteiger charge is 2.33. The second-order valence-electron chi connectivity index (χ2n) is 6.19. The molecule has 0 aliphatic carbocycles. The predicted molar refractivity (Wildman–Crippen MR) is 92.7 cm³/mol. The van der Waals surface area contributed by atoms with Crippen molar-refractivity contribution in [3.8, 4) is 0 Å². The first-order valence-electron chi connectivity index (χ1n) is 9.04. The Balaban J connectivity index is 3.28. The van der Waals surface area contributed by atoms with Gasteiger partial charge in [-0.1, -0.05) is 75.7 Å². The Hall–Kier alpha value is -0.0200. The summed E-state index contributed by atoms with van der Waals surface area (Å²) in [5.41, 5.74) is 0. The Morgan fingerprint density at radius 3 is 1.59 bits per heavy atom. The van der Waals surface area contributed by atoms with Crippen molar-refractivity contribution >= 4 is 7.80 Å². The fraction of sp³-hybridized carbons (Fsp3) is 1.00. The molecule has 3 atom stereocenters. The quantitative estimate of drug-likeness (QED) is 0.292. The molecule has 0 aliphatic heterocycles. The maximum absolute atomic E-state index is 11.7. The van der Waals surface area contributed by atoms with Gasteiger partial charge in [0.2, 0.25) is 0 Å². The Bertz CT molecular complexity index is 261. The van der Waals surface area contributed by atoms with Crippen LogP contribution >= 0.6 is 7.80 Å². The average Bonchev–Trinajstić information content (AvgIpc) is 2.54. The lowest BCUT2D eigenvalue weighted by Gasteiger charge is -2.06. The lowest BCUT2D eigenvalue weighted by molar-refractivity contribution is 0.0245. The van der Waals surface area contributed by atoms with Crippen molar-refractivity contribution in [3.05, 3.63) is 0 Å². The summed E-state index contributed by atoms with van der Waals surface area (Å²) in [5.74, 6) is -1.28. The molecular formula is C17H36O4P+. The van der Waals surface area contributed by atoms with E-state index in [-0.39, 0.29) is 0 Å². The monoisotopic (exact) mass is 335 g/mol. The van der Waals surface area contributed by atoms with Gasteiger partial charge >= 0.3 is 7.80 Å². The molecule has 0 fully saturated rings. The Morgan fingerprint density at radius 1 is 0.773 bits per heavy atom. The number of rotatable bonds is 16. The van der Waals surface area contributed by atoms with Crippen LogP contribution in [0.1, 0.15) is 84.0 Å². The van der Waals surface area contributed by atoms with E-state index in [9.17, 15) is 14.8 Å². The van der Waals surface area contributed by atoms with Gasteiger partial charge in [-0.3, -0.25) is 0 Å². The molecule has 0 radical (unpaired) electrons. The van der Waals surface area contributed by atoms with Gasteiger partial charge in [0.25, 0.3) is 5.85 Å². The highest BCUT2D eigenvalue weighted by Crippen LogP contribution is 2.30. The smallest absolute Gasteiger partial charge is 0.372 e. The molecule has 132 valence electrons. The van der Waals surface area contributed by atoms with E-state index in [1.165, 1.54) is 57.8 Å². The van der Waals surface area contributed by atoms with Crippen molar-refractivity contribution in [2.75, 3.05) is 12.8 Å². The summed E-state index contributed by atoms with van der Waals surface area (Å²) >= 11 is 0. The van der Waals surface area contributed by atoms with Gasteiger partial charge in [0.15, 0.2) is 0 Å². The van der Waals surface area contributed by atoms with Crippen LogP contribution in [0.2, 0.25) is 0 Å². The summed E-state index contributed by atoms with van der Waals surface area (Å²) in [4.78, 5) is 0. The van der Waals surface area contributed by atoms with Crippen LogP contribution in [0.4, 0.5) is 0 Å². The van der Waals surface area contributed by atoms with Crippen LogP contribution in [0.3, 0.4) is 0 Å². The normalized spacial score (nSPS) is 14.8. The van der Waals surface area contributed by atoms with E-state index in [2.05, 4.69) is 6.92 Å². The van der Waals surface area contributed by atoms with Gasteiger partial charge in [0.05, 0.1) is 6.61 Å². The van der Waals surface area contributed by atoms with Crippen LogP contribution in [0.25, 0.3) is 0 Å². The predicted octanol–water partition coefficient (Wildman–Crippen LogP) is 4.19. The molecule has 0 aromatic carbocycles. The van der Waals surface area contributed by atoms with Gasteiger partial charge in [-0.15, -0.1) is 0 Å². The summed E-state index contributed by atoms with van der Waals surface area (Å²) in [5, 5.41) is 27.4. The standard InChI is InChI=1S/C17H36O4P/c1-2-3-4-5-6-7-8-9-10-11-12-13-14-22(21)17(20)16(19)15-18/h16-20H,2-15H2,1H3/q+1. The van der Waals surface area contributed by atoms with Crippen molar-refractivity contribution in [2.45, 2.75) is 95.9 Å². The van der Waals surface area contributed by atoms with Crippen LogP contribution in [0, 0.1) is 0 Å². The van der Waals surface area contributed by atoms with Crippen molar-refractivity contribution < 1.29 is 19.9 Å². The van der Waals surface area contributed by atoms with E-state index >= 15 is 0 Å². The Morgan fingerprint density at radius 2 is 1.18 bits per heavy atom. The van der Waals surface area contributed by atoms with Crippen LogP contribution in [-0.4, -0.2) is 40.0 Å². The van der Waals surface area contributed by atoms with Crippen LogP contribution in [0.15, 0.2) is 0 Å². The Kier molecular flexibility index (Phi) is 15.8. The first kappa shape index (κ1) is 22.0. The third-order valence-corrected chi connectivity index (χ3v) is 5.75. The lowest BCUT2D eigenvalue weighted by atomic mass is 10.1. The van der Waals surface area contributed by atoms with E-state index in [4.69, 9.17) is 5.11 Å². The molecule has 0 rings (SSSR count). The zero-order valence-electron chi connectivity index (χ0n) is 14.3. The molecule has 5 heteroatoms. The fourth-order valence-corrected chi connectivity index (χ4v) is 3.81. The molecule has 3 unspecified atom stereocenters. The summed E-state index contributed by atoms with van der Waals surface area (Å²) in [7, 11) is -1.83. The molecule has 0 aliphatic rings. The molecular weight excluding hydrogens is 299 g/mol. The SMILES string of the molecule is CCCCCCCCCCCCCC[P+](=O)C(O)C(O)CO. The number of hydrogen-bond donors (Lipinski definition) is 3. The lowest BCUT2D eigenvalue weighted by Crippen LogP contribution is -2.26. The van der Waals surface area contributed by atoms with E-state index in [0.29, 0.717) is 6.16 Å². The van der Waals surface area contributed by atoms with Crippen molar-refractivity contribution in [1.82, 2.24) is 0 Å². The van der Waals surface area contributed by atoms with E-state index in [1.807, 2.05) is 0 Å². The average molecular weight is 335 g/mol. The maximum Gasteiger partial charge on any atom is 0.372 e. The molecule has 0 amide bonds. The molecule has 0 spiro atoms. The number of hydrogen-bond acceptors (Lipinski definition) is 4. The van der Waals surface area contributed by atoms with Crippen LogP contribution in [0.5, 0.6) is 0 Å². The summed E-state index contributed by atoms with van der Waals surface area (Å²) < 4.78 is 11.7. The minimum absolute atomic E-state index is 0.436. The second kappa shape index (κ2) is 15.9. The molecule has 22 heavy (non-hydrogen) atoms. The number of aliphatic hydroxyl groups is 3. The van der Waals surface area contributed by atoms with Gasteiger partial charge in [-0.25, -0.2) is 0 Å². The molecule has 0 saturated carbocycles. The molecule has 0 aromatic heterocycles. The largest absolute Gasteiger partial charge is 0.393 e. The highest BCUT2D eigenvalue weighted by atomic mass is 31.1. The summed E-state index contributed by atoms with van der Waals surface area (Å²) in [6.45, 7) is 1.70. The topological polar surface area (TPSA) is 77.8 Å². The minimum Gasteiger partial charge on any atom is -0.393 e. The van der Waals surface area contributed by atoms with Gasteiger partial charge in [0, 0.05) is 0 Å². The molecule has 0 aromatic rings. The second-order valence-corrected chi connectivity index (χ2v) is 8.00. The number of aliphatic hydroxyl groups excluding tert-OH is 3. The Labute approximate surface area is 137 Å².